The van der Waals surface area contributed by atoms with Gasteiger partial charge in [0.05, 0.1) is 0 Å². The molecule has 0 saturated heterocycles. The molecule has 0 fully saturated rings. The molecular weight excluding hydrogens is 1370 g/mol. The molecule has 0 heteroatoms. The highest BCUT2D eigenvalue weighted by molar-refractivity contribution is 6.27. The first kappa shape index (κ1) is 67.6. The van der Waals surface area contributed by atoms with Gasteiger partial charge in [-0.15, -0.1) is 0 Å². The summed E-state index contributed by atoms with van der Waals surface area (Å²) in [5.74, 6) is 0. The van der Waals surface area contributed by atoms with Gasteiger partial charge in [0.15, 0.2) is 0 Å². The van der Waals surface area contributed by atoms with Crippen LogP contribution in [0.25, 0.3) is 187 Å². The van der Waals surface area contributed by atoms with E-state index < -0.39 is 0 Å². The molecule has 0 unspecified atom stereocenters. The highest BCUT2D eigenvalue weighted by Gasteiger charge is 2.40. The van der Waals surface area contributed by atoms with E-state index >= 15 is 0 Å². The number of fused-ring (bicyclic) bond motifs is 19. The van der Waals surface area contributed by atoms with Gasteiger partial charge in [0.25, 0.3) is 0 Å². The second kappa shape index (κ2) is 25.1. The molecule has 0 amide bonds. The summed E-state index contributed by atoms with van der Waals surface area (Å²) in [7, 11) is 0. The molecule has 540 valence electrons. The Kier molecular flexibility index (Phi) is 14.9. The standard InChI is InChI=1S/C58H42.C56H42/c1-57(2)51-23-13-11-19-42(51)44-28-25-36(33-53(44)57)35-26-30-48-50(31-35)55(38-27-29-45-43-20-12-14-24-52(43)58(3,4)54(45)34-38)46-21-9-10-22-47(46)56(48)49-32-37-15-5-6-16-39(37)40-17-7-8-18-41(40)49;1-55(2)49-20-12-10-16-41(49)43-29-26-39(33-51(43)55)38-27-31-47-48(32-38)54(40-28-30-44-42-17-11-13-21-50(42)56(3,4)52(44)34-40)46-19-9-8-18-45(46)53(47)37-24-22-36(23-25-37)35-14-6-5-7-15-35/h5-34H,1-4H3;5-34H,1-4H3. The lowest BCUT2D eigenvalue weighted by atomic mass is 9.79. The van der Waals surface area contributed by atoms with Crippen molar-refractivity contribution in [1.29, 1.82) is 0 Å². The molecule has 19 aromatic carbocycles. The lowest BCUT2D eigenvalue weighted by Gasteiger charge is -2.24. The summed E-state index contributed by atoms with van der Waals surface area (Å²) in [5, 5.41) is 15.3. The second-order valence-electron chi connectivity index (χ2n) is 34.5. The van der Waals surface area contributed by atoms with Gasteiger partial charge in [0.1, 0.15) is 0 Å². The molecule has 0 bridgehead atoms. The lowest BCUT2D eigenvalue weighted by Crippen LogP contribution is -2.14. The summed E-state index contributed by atoms with van der Waals surface area (Å²) < 4.78 is 0. The fourth-order valence-electron chi connectivity index (χ4n) is 21.1. The van der Waals surface area contributed by atoms with Crippen LogP contribution < -0.4 is 0 Å². The largest absolute Gasteiger partial charge is 0.0622 e. The predicted molar refractivity (Wildman–Crippen MR) is 486 cm³/mol. The van der Waals surface area contributed by atoms with Crippen LogP contribution in [0, 0.1) is 0 Å². The van der Waals surface area contributed by atoms with Crippen LogP contribution in [0.1, 0.15) is 99.9 Å². The van der Waals surface area contributed by atoms with Crippen molar-refractivity contribution in [1.82, 2.24) is 0 Å². The molecule has 0 radical (unpaired) electrons. The molecule has 0 spiro atoms. The lowest BCUT2D eigenvalue weighted by molar-refractivity contribution is 0.660. The molecule has 0 aromatic heterocycles. The fourth-order valence-corrected chi connectivity index (χ4v) is 21.1. The molecule has 0 heterocycles. The Labute approximate surface area is 668 Å². The average molecular weight is 1450 g/mol. The number of hydrogen-bond acceptors (Lipinski definition) is 0. The quantitative estimate of drug-likeness (QED) is 0.110. The second-order valence-corrected chi connectivity index (χ2v) is 34.5. The summed E-state index contributed by atoms with van der Waals surface area (Å²) in [5.41, 5.74) is 39.3. The zero-order valence-corrected chi connectivity index (χ0v) is 65.6. The van der Waals surface area contributed by atoms with Crippen LogP contribution in [0.4, 0.5) is 0 Å². The van der Waals surface area contributed by atoms with Crippen molar-refractivity contribution in [2.24, 2.45) is 0 Å². The summed E-state index contributed by atoms with van der Waals surface area (Å²) >= 11 is 0. The average Bonchev–Trinajstić information content (AvgIpc) is 0.775. The molecular formula is C114H84. The normalized spacial score (nSPS) is 14.4. The first-order valence-corrected chi connectivity index (χ1v) is 40.6. The van der Waals surface area contributed by atoms with Crippen molar-refractivity contribution in [3.05, 3.63) is 408 Å². The summed E-state index contributed by atoms with van der Waals surface area (Å²) in [6, 6.07) is 137. The molecule has 19 aromatic rings. The maximum absolute atomic E-state index is 2.50. The van der Waals surface area contributed by atoms with Gasteiger partial charge in [0, 0.05) is 21.7 Å². The van der Waals surface area contributed by atoms with Gasteiger partial charge in [-0.1, -0.05) is 377 Å². The molecule has 0 aliphatic heterocycles. The van der Waals surface area contributed by atoms with Gasteiger partial charge < -0.3 is 0 Å². The van der Waals surface area contributed by atoms with E-state index in [2.05, 4.69) is 419 Å². The SMILES string of the molecule is CC1(C)c2ccccc2-c2ccc(-c3ccc4c(-c5cc6ccccc6c6ccccc56)c5ccccc5c(-c5ccc6c(c5)C(C)(C)c5ccccc5-6)c4c3)cc21.CC1(C)c2ccccc2-c2ccc(-c3ccc4c(-c5ccc(-c6ccccc6)cc5)c5ccccc5c(-c5ccc6c(c5)C(C)(C)c5ccccc5-6)c4c3)cc21. The van der Waals surface area contributed by atoms with Gasteiger partial charge in [-0.3, -0.25) is 0 Å². The molecule has 4 aliphatic rings. The summed E-state index contributed by atoms with van der Waals surface area (Å²) in [4.78, 5) is 0. The van der Waals surface area contributed by atoms with Crippen LogP contribution in [0.15, 0.2) is 364 Å². The van der Waals surface area contributed by atoms with E-state index in [1.807, 2.05) is 0 Å². The van der Waals surface area contributed by atoms with E-state index in [0.29, 0.717) is 0 Å². The van der Waals surface area contributed by atoms with Gasteiger partial charge in [-0.05, 0) is 274 Å². The van der Waals surface area contributed by atoms with Crippen molar-refractivity contribution in [2.45, 2.75) is 77.0 Å². The highest BCUT2D eigenvalue weighted by Crippen LogP contribution is 2.57. The smallest absolute Gasteiger partial charge is 0.0159 e. The van der Waals surface area contributed by atoms with Crippen LogP contribution in [0.5, 0.6) is 0 Å². The Hall–Kier alpha value is -13.3. The summed E-state index contributed by atoms with van der Waals surface area (Å²) in [6.07, 6.45) is 0. The van der Waals surface area contributed by atoms with Gasteiger partial charge in [-0.2, -0.15) is 0 Å². The molecule has 23 rings (SSSR count). The topological polar surface area (TPSA) is 0 Å². The van der Waals surface area contributed by atoms with Crippen LogP contribution in [-0.2, 0) is 21.7 Å². The Morgan fingerprint density at radius 1 is 0.132 bits per heavy atom. The maximum atomic E-state index is 2.50. The molecule has 4 aliphatic carbocycles. The molecule has 0 saturated carbocycles. The minimum absolute atomic E-state index is 0.0615. The fraction of sp³-hybridized carbons (Fsp3) is 0.105. The van der Waals surface area contributed by atoms with Crippen LogP contribution in [0.3, 0.4) is 0 Å². The monoisotopic (exact) mass is 1450 g/mol. The van der Waals surface area contributed by atoms with Gasteiger partial charge in [-0.25, -0.2) is 0 Å². The predicted octanol–water partition coefficient (Wildman–Crippen LogP) is 31.2. The van der Waals surface area contributed by atoms with Crippen LogP contribution in [0.2, 0.25) is 0 Å². The molecule has 114 heavy (non-hydrogen) atoms. The minimum atomic E-state index is -0.0997. The van der Waals surface area contributed by atoms with E-state index in [1.54, 1.807) is 0 Å². The Balaban J connectivity index is 0.000000139. The third kappa shape index (κ3) is 10.0. The third-order valence-electron chi connectivity index (χ3n) is 26.9. The summed E-state index contributed by atoms with van der Waals surface area (Å²) in [6.45, 7) is 19.0. The van der Waals surface area contributed by atoms with Crippen molar-refractivity contribution in [2.75, 3.05) is 0 Å². The van der Waals surface area contributed by atoms with Crippen molar-refractivity contribution < 1.29 is 0 Å². The number of rotatable bonds is 7. The van der Waals surface area contributed by atoms with Gasteiger partial charge in [0.2, 0.25) is 0 Å². The van der Waals surface area contributed by atoms with E-state index in [4.69, 9.17) is 0 Å². The molecule has 0 nitrogen and oxygen atoms in total. The van der Waals surface area contributed by atoms with Crippen LogP contribution in [-0.4, -0.2) is 0 Å². The Bertz CT molecular complexity index is 7310. The van der Waals surface area contributed by atoms with E-state index in [9.17, 15) is 0 Å². The maximum Gasteiger partial charge on any atom is 0.0159 e. The molecule has 0 N–H and O–H groups in total. The Morgan fingerprint density at radius 2 is 0.395 bits per heavy atom. The van der Waals surface area contributed by atoms with E-state index in [0.717, 1.165) is 0 Å². The van der Waals surface area contributed by atoms with Gasteiger partial charge >= 0.3 is 0 Å². The number of benzene rings is 19. The third-order valence-corrected chi connectivity index (χ3v) is 26.9. The Morgan fingerprint density at radius 3 is 0.825 bits per heavy atom. The van der Waals surface area contributed by atoms with Crippen LogP contribution >= 0.6 is 0 Å². The van der Waals surface area contributed by atoms with Crippen molar-refractivity contribution >= 4 is 64.6 Å². The zero-order valence-electron chi connectivity index (χ0n) is 65.6. The first-order valence-electron chi connectivity index (χ1n) is 40.6. The minimum Gasteiger partial charge on any atom is -0.0622 e. The highest BCUT2D eigenvalue weighted by atomic mass is 14.4. The zero-order chi connectivity index (χ0) is 76.7. The first-order chi connectivity index (χ1) is 55.6. The van der Waals surface area contributed by atoms with Crippen molar-refractivity contribution in [3.8, 4) is 122 Å². The van der Waals surface area contributed by atoms with Crippen molar-refractivity contribution in [3.63, 3.8) is 0 Å². The van der Waals surface area contributed by atoms with E-state index in [-0.39, 0.29) is 21.7 Å². The number of hydrogen-bond donors (Lipinski definition) is 0. The molecule has 0 atom stereocenters. The van der Waals surface area contributed by atoms with E-state index in [1.165, 1.54) is 232 Å².